The molecule has 15 heteroatoms. The predicted octanol–water partition coefficient (Wildman–Crippen LogP) is 3.40. The van der Waals surface area contributed by atoms with Crippen molar-refractivity contribution in [2.45, 2.75) is 56.0 Å². The highest BCUT2D eigenvalue weighted by Gasteiger charge is 2.37. The first-order valence-corrected chi connectivity index (χ1v) is 13.9. The number of aromatic nitrogens is 7. The van der Waals surface area contributed by atoms with Crippen LogP contribution in [0.5, 0.6) is 0 Å². The van der Waals surface area contributed by atoms with Crippen LogP contribution < -0.4 is 10.6 Å². The van der Waals surface area contributed by atoms with Crippen molar-refractivity contribution >= 4 is 27.3 Å². The number of aliphatic hydroxyl groups is 1. The first-order valence-electron chi connectivity index (χ1n) is 12.4. The van der Waals surface area contributed by atoms with Crippen LogP contribution in [0.3, 0.4) is 0 Å². The van der Waals surface area contributed by atoms with Gasteiger partial charge in [-0.2, -0.15) is 23.1 Å². The van der Waals surface area contributed by atoms with Gasteiger partial charge in [0, 0.05) is 41.9 Å². The number of nitrogens with one attached hydrogen (secondary N) is 2. The van der Waals surface area contributed by atoms with E-state index in [0.29, 0.717) is 64.5 Å². The molecule has 0 aliphatic heterocycles. The minimum Gasteiger partial charge on any atom is -0.393 e. The number of nitrogens with zero attached hydrogens (tertiary/aromatic N) is 7. The van der Waals surface area contributed by atoms with Crippen molar-refractivity contribution in [2.24, 2.45) is 0 Å². The molecule has 3 N–H and O–H groups in total. The van der Waals surface area contributed by atoms with Crippen LogP contribution in [0.2, 0.25) is 0 Å². The van der Waals surface area contributed by atoms with Crippen LogP contribution in [0.15, 0.2) is 49.2 Å². The van der Waals surface area contributed by atoms with Crippen LogP contribution in [-0.4, -0.2) is 64.8 Å². The molecule has 2 aliphatic carbocycles. The van der Waals surface area contributed by atoms with E-state index < -0.39 is 27.9 Å². The molecule has 0 saturated heterocycles. The second kappa shape index (κ2) is 9.96. The second-order valence-corrected chi connectivity index (χ2v) is 11.7. The van der Waals surface area contributed by atoms with Gasteiger partial charge in [0.1, 0.15) is 11.6 Å². The summed E-state index contributed by atoms with van der Waals surface area (Å²) in [5.41, 5.74) is 1.93. The van der Waals surface area contributed by atoms with E-state index in [1.54, 1.807) is 12.1 Å². The van der Waals surface area contributed by atoms with Gasteiger partial charge in [0.25, 0.3) is 10.0 Å². The average Bonchev–Trinajstić information content (AvgIpc) is 3.27. The van der Waals surface area contributed by atoms with Crippen molar-refractivity contribution < 1.29 is 22.3 Å². The molecule has 204 valence electrons. The minimum absolute atomic E-state index is 0.000270. The number of hydrogen-bond donors (Lipinski definition) is 3. The standard InChI is InChI=1S/C24H25F2N9O3S/c25-24(26)34-8-6-19(33-34)18-12-28-22(10-20(18)30-15-1-2-16(36)9-15)31-21-5-7-27-23(32-21)14-11-29-35(13-14)39(37,38)17-3-4-17/h5-8,10-13,15-17,24,36H,1-4,9H2,(H2,27,28,30,31,32)/t15-,16+/m0/s1. The topological polar surface area (TPSA) is 153 Å². The van der Waals surface area contributed by atoms with Crippen LogP contribution in [-0.2, 0) is 10.0 Å². The molecule has 6 rings (SSSR count). The monoisotopic (exact) mass is 557 g/mol. The molecule has 0 aromatic carbocycles. The number of pyridine rings is 1. The van der Waals surface area contributed by atoms with Gasteiger partial charge in [0.15, 0.2) is 5.82 Å². The lowest BCUT2D eigenvalue weighted by molar-refractivity contribution is 0.0568. The molecule has 0 spiro atoms. The molecule has 4 aromatic heterocycles. The number of hydrogen-bond acceptors (Lipinski definition) is 10. The highest BCUT2D eigenvalue weighted by Crippen LogP contribution is 2.33. The van der Waals surface area contributed by atoms with Crippen molar-refractivity contribution in [3.8, 4) is 22.6 Å². The van der Waals surface area contributed by atoms with Gasteiger partial charge in [-0.25, -0.2) is 28.1 Å². The Balaban J connectivity index is 1.27. The van der Waals surface area contributed by atoms with Gasteiger partial charge in [0.05, 0.1) is 35.0 Å². The Morgan fingerprint density at radius 2 is 1.92 bits per heavy atom. The highest BCUT2D eigenvalue weighted by atomic mass is 32.2. The van der Waals surface area contributed by atoms with E-state index in [9.17, 15) is 22.3 Å². The van der Waals surface area contributed by atoms with Crippen molar-refractivity contribution in [1.82, 2.24) is 33.9 Å². The summed E-state index contributed by atoms with van der Waals surface area (Å²) in [6.45, 7) is -2.76. The van der Waals surface area contributed by atoms with Gasteiger partial charge in [-0.3, -0.25) is 0 Å². The summed E-state index contributed by atoms with van der Waals surface area (Å²) in [6.07, 6.45) is 9.93. The van der Waals surface area contributed by atoms with Crippen molar-refractivity contribution in [3.63, 3.8) is 0 Å². The Labute approximate surface area is 222 Å². The molecule has 0 bridgehead atoms. The first-order chi connectivity index (χ1) is 18.8. The Hall–Kier alpha value is -3.98. The zero-order chi connectivity index (χ0) is 27.1. The quantitative estimate of drug-likeness (QED) is 0.279. The molecule has 2 fully saturated rings. The number of halogens is 2. The fourth-order valence-electron chi connectivity index (χ4n) is 4.52. The Morgan fingerprint density at radius 1 is 1.08 bits per heavy atom. The fourth-order valence-corrected chi connectivity index (χ4v) is 6.00. The normalized spacial score (nSPS) is 19.5. The summed E-state index contributed by atoms with van der Waals surface area (Å²) in [4.78, 5) is 13.1. The third-order valence-corrected chi connectivity index (χ3v) is 8.72. The molecule has 4 heterocycles. The molecule has 2 aliphatic rings. The van der Waals surface area contributed by atoms with Crippen LogP contribution in [0, 0.1) is 0 Å². The van der Waals surface area contributed by atoms with Crippen LogP contribution in [0.25, 0.3) is 22.6 Å². The number of anilines is 3. The Bertz CT molecular complexity index is 1600. The van der Waals surface area contributed by atoms with E-state index in [-0.39, 0.29) is 11.9 Å². The predicted molar refractivity (Wildman–Crippen MR) is 138 cm³/mol. The van der Waals surface area contributed by atoms with Gasteiger partial charge in [0.2, 0.25) is 0 Å². The maximum absolute atomic E-state index is 13.1. The lowest BCUT2D eigenvalue weighted by Gasteiger charge is -2.18. The molecule has 12 nitrogen and oxygen atoms in total. The van der Waals surface area contributed by atoms with E-state index >= 15 is 0 Å². The van der Waals surface area contributed by atoms with E-state index in [2.05, 4.69) is 35.8 Å². The largest absolute Gasteiger partial charge is 0.393 e. The van der Waals surface area contributed by atoms with Gasteiger partial charge < -0.3 is 15.7 Å². The van der Waals surface area contributed by atoms with Crippen molar-refractivity contribution in [1.29, 1.82) is 0 Å². The lowest BCUT2D eigenvalue weighted by Crippen LogP contribution is -2.17. The molecular weight excluding hydrogens is 532 g/mol. The molecule has 4 aromatic rings. The molecule has 0 amide bonds. The maximum Gasteiger partial charge on any atom is 0.333 e. The lowest BCUT2D eigenvalue weighted by atomic mass is 10.1. The van der Waals surface area contributed by atoms with E-state index in [1.807, 2.05) is 0 Å². The molecule has 0 unspecified atom stereocenters. The molecule has 0 radical (unpaired) electrons. The van der Waals surface area contributed by atoms with E-state index in [0.717, 1.165) is 10.5 Å². The first kappa shape index (κ1) is 25.3. The van der Waals surface area contributed by atoms with Gasteiger partial charge in [-0.1, -0.05) is 0 Å². The Kier molecular flexibility index (Phi) is 6.46. The summed E-state index contributed by atoms with van der Waals surface area (Å²) >= 11 is 0. The number of alkyl halides is 2. The zero-order valence-electron chi connectivity index (χ0n) is 20.5. The van der Waals surface area contributed by atoms with E-state index in [1.165, 1.54) is 37.1 Å². The fraction of sp³-hybridized carbons (Fsp3) is 0.375. The minimum atomic E-state index is -3.51. The summed E-state index contributed by atoms with van der Waals surface area (Å²) < 4.78 is 52.7. The summed E-state index contributed by atoms with van der Waals surface area (Å²) in [7, 11) is -3.51. The van der Waals surface area contributed by atoms with Gasteiger partial charge in [-0.15, -0.1) is 0 Å². The SMILES string of the molecule is O=S(=O)(C1CC1)n1cc(-c2nccc(Nc3cc(N[C@H]4CC[C@@H](O)C4)c(-c4ccn(C(F)F)n4)cn3)n2)cn1. The number of aliphatic hydroxyl groups excluding tert-OH is 1. The molecule has 39 heavy (non-hydrogen) atoms. The summed E-state index contributed by atoms with van der Waals surface area (Å²) in [5, 5.41) is 24.0. The van der Waals surface area contributed by atoms with Crippen LogP contribution >= 0.6 is 0 Å². The molecular formula is C24H25F2N9O3S. The molecule has 2 saturated carbocycles. The third-order valence-electron chi connectivity index (χ3n) is 6.69. The van der Waals surface area contributed by atoms with Crippen molar-refractivity contribution in [2.75, 3.05) is 10.6 Å². The van der Waals surface area contributed by atoms with Crippen molar-refractivity contribution in [3.05, 3.63) is 49.2 Å². The van der Waals surface area contributed by atoms with Crippen LogP contribution in [0.1, 0.15) is 38.7 Å². The molecule has 2 atom stereocenters. The van der Waals surface area contributed by atoms with Crippen LogP contribution in [0.4, 0.5) is 26.1 Å². The Morgan fingerprint density at radius 3 is 2.64 bits per heavy atom. The smallest absolute Gasteiger partial charge is 0.333 e. The third kappa shape index (κ3) is 5.31. The van der Waals surface area contributed by atoms with Gasteiger partial charge >= 0.3 is 6.55 Å². The van der Waals surface area contributed by atoms with Gasteiger partial charge in [-0.05, 0) is 44.2 Å². The maximum atomic E-state index is 13.1. The number of rotatable bonds is 9. The summed E-state index contributed by atoms with van der Waals surface area (Å²) in [5.74, 6) is 1.11. The second-order valence-electron chi connectivity index (χ2n) is 9.62. The zero-order valence-corrected chi connectivity index (χ0v) is 21.3. The highest BCUT2D eigenvalue weighted by molar-refractivity contribution is 7.90. The van der Waals surface area contributed by atoms with E-state index in [4.69, 9.17) is 0 Å². The average molecular weight is 558 g/mol. The summed E-state index contributed by atoms with van der Waals surface area (Å²) in [6, 6.07) is 4.85.